The van der Waals surface area contributed by atoms with Gasteiger partial charge in [0.05, 0.1) is 11.3 Å². The number of hydrogen-bond acceptors (Lipinski definition) is 4. The Morgan fingerprint density at radius 2 is 1.59 bits per heavy atom. The van der Waals surface area contributed by atoms with Gasteiger partial charge in [-0.05, 0) is 24.3 Å². The van der Waals surface area contributed by atoms with Gasteiger partial charge in [-0.2, -0.15) is 23.7 Å². The van der Waals surface area contributed by atoms with E-state index in [0.29, 0.717) is 0 Å². The smallest absolute Gasteiger partial charge is 0.416 e. The van der Waals surface area contributed by atoms with Crippen LogP contribution in [0.15, 0.2) is 42.1 Å². The first-order chi connectivity index (χ1) is 12.7. The van der Waals surface area contributed by atoms with E-state index in [1.807, 2.05) is 0 Å². The van der Waals surface area contributed by atoms with Crippen molar-refractivity contribution in [3.8, 4) is 23.6 Å². The molecule has 138 valence electrons. The van der Waals surface area contributed by atoms with Crippen LogP contribution in [0.1, 0.15) is 5.56 Å². The zero-order valence-corrected chi connectivity index (χ0v) is 13.0. The van der Waals surface area contributed by atoms with Crippen LogP contribution >= 0.6 is 0 Å². The average Bonchev–Trinajstić information content (AvgIpc) is 2.59. The molecule has 0 aliphatic heterocycles. The van der Waals surface area contributed by atoms with Crippen LogP contribution in [0.3, 0.4) is 0 Å². The number of anilines is 1. The van der Waals surface area contributed by atoms with Crippen molar-refractivity contribution in [3.05, 3.63) is 65.1 Å². The van der Waals surface area contributed by atoms with Crippen LogP contribution < -0.4 is 10.1 Å². The van der Waals surface area contributed by atoms with Crippen molar-refractivity contribution in [3.63, 3.8) is 0 Å². The number of nitrogens with zero attached hydrogens (tertiary/aromatic N) is 2. The molecule has 0 unspecified atom stereocenters. The highest BCUT2D eigenvalue weighted by Crippen LogP contribution is 2.37. The molecular formula is C17H7F6N3O. The van der Waals surface area contributed by atoms with Crippen LogP contribution in [-0.2, 0) is 6.18 Å². The summed E-state index contributed by atoms with van der Waals surface area (Å²) in [7, 11) is 0. The molecule has 2 rings (SSSR count). The Kier molecular flexibility index (Phi) is 5.61. The SMILES string of the molecule is N#CC(C#N)=CNc1cc(F)ccc1Oc1c(F)cc(C(F)(F)F)cc1F. The molecule has 27 heavy (non-hydrogen) atoms. The molecule has 0 spiro atoms. The maximum Gasteiger partial charge on any atom is 0.416 e. The fourth-order valence-electron chi connectivity index (χ4n) is 1.87. The van der Waals surface area contributed by atoms with Crippen LogP contribution in [0.25, 0.3) is 0 Å². The van der Waals surface area contributed by atoms with Crippen molar-refractivity contribution in [2.45, 2.75) is 6.18 Å². The van der Waals surface area contributed by atoms with Gasteiger partial charge in [0.2, 0.25) is 0 Å². The fourth-order valence-corrected chi connectivity index (χ4v) is 1.87. The molecule has 0 heterocycles. The molecule has 0 aliphatic rings. The number of halogens is 6. The largest absolute Gasteiger partial charge is 0.449 e. The quantitative estimate of drug-likeness (QED) is 0.578. The van der Waals surface area contributed by atoms with Gasteiger partial charge < -0.3 is 10.1 Å². The lowest BCUT2D eigenvalue weighted by Gasteiger charge is -2.14. The Hall–Kier alpha value is -3.66. The summed E-state index contributed by atoms with van der Waals surface area (Å²) < 4.78 is 83.9. The molecule has 0 amide bonds. The van der Waals surface area contributed by atoms with Gasteiger partial charge in [0, 0.05) is 12.3 Å². The number of allylic oxidation sites excluding steroid dienone is 1. The number of nitriles is 2. The molecule has 10 heteroatoms. The Labute approximate surface area is 148 Å². The molecular weight excluding hydrogens is 376 g/mol. The monoisotopic (exact) mass is 383 g/mol. The van der Waals surface area contributed by atoms with Gasteiger partial charge in [-0.25, -0.2) is 13.2 Å². The first kappa shape index (κ1) is 19.7. The second kappa shape index (κ2) is 7.70. The predicted octanol–water partition coefficient (Wildman–Crippen LogP) is 5.26. The first-order valence-corrected chi connectivity index (χ1v) is 6.96. The number of alkyl halides is 3. The molecule has 2 aromatic carbocycles. The van der Waals surface area contributed by atoms with Crippen molar-refractivity contribution in [1.29, 1.82) is 10.5 Å². The van der Waals surface area contributed by atoms with Gasteiger partial charge in [-0.1, -0.05) is 0 Å². The zero-order valence-electron chi connectivity index (χ0n) is 13.0. The lowest BCUT2D eigenvalue weighted by atomic mass is 10.2. The standard InChI is InChI=1S/C17H7F6N3O/c18-11-1-2-15(14(5-11)26-8-9(6-24)7-25)27-16-12(19)3-10(4-13(16)20)17(21,22)23/h1-5,8,26H. The lowest BCUT2D eigenvalue weighted by Crippen LogP contribution is -2.07. The molecule has 0 saturated carbocycles. The van der Waals surface area contributed by atoms with Gasteiger partial charge in [0.15, 0.2) is 23.1 Å². The second-order valence-electron chi connectivity index (χ2n) is 4.94. The number of nitrogens with one attached hydrogen (secondary N) is 1. The van der Waals surface area contributed by atoms with E-state index in [1.54, 1.807) is 0 Å². The summed E-state index contributed by atoms with van der Waals surface area (Å²) >= 11 is 0. The van der Waals surface area contributed by atoms with Gasteiger partial charge in [0.25, 0.3) is 0 Å². The van der Waals surface area contributed by atoms with E-state index < -0.39 is 40.5 Å². The van der Waals surface area contributed by atoms with Crippen LogP contribution in [0, 0.1) is 40.1 Å². The molecule has 0 bridgehead atoms. The minimum atomic E-state index is -4.96. The average molecular weight is 383 g/mol. The predicted molar refractivity (Wildman–Crippen MR) is 80.8 cm³/mol. The van der Waals surface area contributed by atoms with Crippen molar-refractivity contribution in [1.82, 2.24) is 0 Å². The third-order valence-electron chi connectivity index (χ3n) is 3.09. The summed E-state index contributed by atoms with van der Waals surface area (Å²) in [4.78, 5) is 0. The topological polar surface area (TPSA) is 68.8 Å². The molecule has 0 aliphatic carbocycles. The van der Waals surface area contributed by atoms with E-state index in [9.17, 15) is 26.3 Å². The van der Waals surface area contributed by atoms with E-state index in [0.717, 1.165) is 24.4 Å². The van der Waals surface area contributed by atoms with Crippen LogP contribution in [-0.4, -0.2) is 0 Å². The van der Waals surface area contributed by atoms with Gasteiger partial charge in [-0.3, -0.25) is 0 Å². The van der Waals surface area contributed by atoms with E-state index >= 15 is 0 Å². The van der Waals surface area contributed by atoms with Crippen LogP contribution in [0.2, 0.25) is 0 Å². The summed E-state index contributed by atoms with van der Waals surface area (Å²) in [5.74, 6) is -5.53. The number of benzene rings is 2. The Balaban J connectivity index is 2.43. The summed E-state index contributed by atoms with van der Waals surface area (Å²) in [6.07, 6.45) is -4.07. The van der Waals surface area contributed by atoms with Crippen molar-refractivity contribution < 1.29 is 31.1 Å². The summed E-state index contributed by atoms with van der Waals surface area (Å²) in [6.45, 7) is 0. The highest BCUT2D eigenvalue weighted by Gasteiger charge is 2.33. The van der Waals surface area contributed by atoms with Crippen molar-refractivity contribution in [2.24, 2.45) is 0 Å². The summed E-state index contributed by atoms with van der Waals surface area (Å²) in [5, 5.41) is 19.7. The second-order valence-corrected chi connectivity index (χ2v) is 4.94. The Bertz CT molecular complexity index is 947. The molecule has 0 saturated heterocycles. The van der Waals surface area contributed by atoms with Gasteiger partial charge >= 0.3 is 6.18 Å². The third-order valence-corrected chi connectivity index (χ3v) is 3.09. The summed E-state index contributed by atoms with van der Waals surface area (Å²) in [5.41, 5.74) is -2.16. The van der Waals surface area contributed by atoms with E-state index in [-0.39, 0.29) is 23.6 Å². The molecule has 0 aromatic heterocycles. The molecule has 0 fully saturated rings. The van der Waals surface area contributed by atoms with E-state index in [1.165, 1.54) is 12.1 Å². The van der Waals surface area contributed by atoms with Crippen LogP contribution in [0.4, 0.5) is 32.0 Å². The number of ether oxygens (including phenoxy) is 1. The fraction of sp³-hybridized carbons (Fsp3) is 0.0588. The first-order valence-electron chi connectivity index (χ1n) is 6.96. The normalized spacial score (nSPS) is 10.5. The molecule has 1 N–H and O–H groups in total. The minimum absolute atomic E-state index is 0.0540. The highest BCUT2D eigenvalue weighted by molar-refractivity contribution is 5.60. The maximum atomic E-state index is 13.9. The molecule has 0 atom stereocenters. The zero-order chi connectivity index (χ0) is 20.2. The van der Waals surface area contributed by atoms with Crippen LogP contribution in [0.5, 0.6) is 11.5 Å². The lowest BCUT2D eigenvalue weighted by molar-refractivity contribution is -0.138. The van der Waals surface area contributed by atoms with Gasteiger partial charge in [-0.15, -0.1) is 0 Å². The maximum absolute atomic E-state index is 13.9. The number of rotatable bonds is 4. The van der Waals surface area contributed by atoms with Crippen molar-refractivity contribution >= 4 is 5.69 Å². The highest BCUT2D eigenvalue weighted by atomic mass is 19.4. The van der Waals surface area contributed by atoms with E-state index in [2.05, 4.69) is 5.32 Å². The van der Waals surface area contributed by atoms with Crippen molar-refractivity contribution in [2.75, 3.05) is 5.32 Å². The molecule has 4 nitrogen and oxygen atoms in total. The summed E-state index contributed by atoms with van der Waals surface area (Å²) in [6, 6.07) is 5.81. The molecule has 2 aromatic rings. The third kappa shape index (κ3) is 4.70. The van der Waals surface area contributed by atoms with Gasteiger partial charge in [0.1, 0.15) is 23.5 Å². The number of hydrogen-bond donors (Lipinski definition) is 1. The minimum Gasteiger partial charge on any atom is -0.449 e. The Morgan fingerprint density at radius 3 is 2.11 bits per heavy atom. The Morgan fingerprint density at radius 1 is 1.00 bits per heavy atom. The van der Waals surface area contributed by atoms with E-state index in [4.69, 9.17) is 15.3 Å². The molecule has 0 radical (unpaired) electrons.